The summed E-state index contributed by atoms with van der Waals surface area (Å²) in [5.74, 6) is 0.104. The lowest BCUT2D eigenvalue weighted by Crippen LogP contribution is -2.41. The number of rotatable bonds is 7. The van der Waals surface area contributed by atoms with Crippen LogP contribution >= 0.6 is 0 Å². The zero-order valence-electron chi connectivity index (χ0n) is 14.4. The Bertz CT molecular complexity index is 483. The topological polar surface area (TPSA) is 40.6 Å². The fraction of sp³-hybridized carbons (Fsp3) is 0.556. The second kappa shape index (κ2) is 8.57. The van der Waals surface area contributed by atoms with Gasteiger partial charge in [0.1, 0.15) is 0 Å². The predicted molar refractivity (Wildman–Crippen MR) is 89.3 cm³/mol. The van der Waals surface area contributed by atoms with E-state index in [9.17, 15) is 9.59 Å². The average molecular weight is 304 g/mol. The van der Waals surface area contributed by atoms with Gasteiger partial charge in [-0.15, -0.1) is 0 Å². The molecule has 0 heterocycles. The molecule has 22 heavy (non-hydrogen) atoms. The van der Waals surface area contributed by atoms with Gasteiger partial charge in [-0.3, -0.25) is 9.59 Å². The van der Waals surface area contributed by atoms with Crippen LogP contribution in [0.3, 0.4) is 0 Å². The normalized spacial score (nSPS) is 10.9. The van der Waals surface area contributed by atoms with E-state index in [1.807, 2.05) is 62.9 Å². The van der Waals surface area contributed by atoms with Crippen molar-refractivity contribution in [1.29, 1.82) is 0 Å². The van der Waals surface area contributed by atoms with Crippen LogP contribution in [0.1, 0.15) is 46.6 Å². The second-order valence-corrected chi connectivity index (χ2v) is 6.16. The molecule has 1 aromatic carbocycles. The van der Waals surface area contributed by atoms with E-state index in [2.05, 4.69) is 0 Å². The minimum Gasteiger partial charge on any atom is -0.340 e. The van der Waals surface area contributed by atoms with Gasteiger partial charge in [0, 0.05) is 38.5 Å². The van der Waals surface area contributed by atoms with E-state index in [4.69, 9.17) is 0 Å². The van der Waals surface area contributed by atoms with Gasteiger partial charge in [-0.1, -0.05) is 30.3 Å². The molecule has 0 aromatic heterocycles. The van der Waals surface area contributed by atoms with Crippen molar-refractivity contribution < 1.29 is 9.59 Å². The summed E-state index contributed by atoms with van der Waals surface area (Å²) in [7, 11) is 0. The van der Waals surface area contributed by atoms with Crippen molar-refractivity contribution >= 4 is 11.8 Å². The van der Waals surface area contributed by atoms with E-state index in [1.165, 1.54) is 0 Å². The zero-order valence-corrected chi connectivity index (χ0v) is 14.4. The summed E-state index contributed by atoms with van der Waals surface area (Å²) < 4.78 is 0. The smallest absolute Gasteiger partial charge is 0.224 e. The first-order valence-electron chi connectivity index (χ1n) is 7.93. The molecule has 0 atom stereocenters. The number of carbonyl (C=O) groups excluding carboxylic acids is 2. The number of amides is 2. The largest absolute Gasteiger partial charge is 0.340 e. The molecular formula is C18H28N2O2. The first-order valence-corrected chi connectivity index (χ1v) is 7.93. The third-order valence-electron chi connectivity index (χ3n) is 3.73. The highest BCUT2D eigenvalue weighted by Gasteiger charge is 2.20. The summed E-state index contributed by atoms with van der Waals surface area (Å²) in [4.78, 5) is 27.7. The Morgan fingerprint density at radius 2 is 1.50 bits per heavy atom. The summed E-state index contributed by atoms with van der Waals surface area (Å²) in [6, 6.07) is 10.2. The van der Waals surface area contributed by atoms with Gasteiger partial charge >= 0.3 is 0 Å². The Morgan fingerprint density at radius 3 is 1.95 bits per heavy atom. The lowest BCUT2D eigenvalue weighted by atomic mass is 10.1. The molecule has 0 N–H and O–H groups in total. The lowest BCUT2D eigenvalue weighted by Gasteiger charge is -2.30. The van der Waals surface area contributed by atoms with E-state index in [0.717, 1.165) is 5.56 Å². The van der Waals surface area contributed by atoms with Crippen LogP contribution in [0.2, 0.25) is 0 Å². The standard InChI is InChI=1S/C18H28N2O2/c1-14(2)19(16(5)21)12-11-18(22)20(15(3)4)13-17-9-7-6-8-10-17/h6-10,14-15H,11-13H2,1-5H3. The van der Waals surface area contributed by atoms with Crippen molar-refractivity contribution in [2.45, 2.75) is 59.7 Å². The van der Waals surface area contributed by atoms with Gasteiger partial charge in [-0.2, -0.15) is 0 Å². The molecule has 1 rings (SSSR count). The molecule has 2 amide bonds. The van der Waals surface area contributed by atoms with Crippen LogP contribution in [0, 0.1) is 0 Å². The third-order valence-corrected chi connectivity index (χ3v) is 3.73. The number of nitrogens with zero attached hydrogens (tertiary/aromatic N) is 2. The van der Waals surface area contributed by atoms with Crippen molar-refractivity contribution in [3.05, 3.63) is 35.9 Å². The lowest BCUT2D eigenvalue weighted by molar-refractivity contribution is -0.135. The van der Waals surface area contributed by atoms with Crippen molar-refractivity contribution in [2.75, 3.05) is 6.54 Å². The van der Waals surface area contributed by atoms with E-state index in [-0.39, 0.29) is 23.9 Å². The summed E-state index contributed by atoms with van der Waals surface area (Å²) in [6.07, 6.45) is 0.364. The molecule has 0 unspecified atom stereocenters. The Labute approximate surface area is 134 Å². The minimum atomic E-state index is 0.0157. The van der Waals surface area contributed by atoms with Crippen molar-refractivity contribution in [3.63, 3.8) is 0 Å². The molecule has 0 aliphatic heterocycles. The van der Waals surface area contributed by atoms with Crippen LogP contribution in [0.25, 0.3) is 0 Å². The van der Waals surface area contributed by atoms with Crippen molar-refractivity contribution in [3.8, 4) is 0 Å². The molecule has 0 radical (unpaired) electrons. The van der Waals surface area contributed by atoms with Gasteiger partial charge in [0.2, 0.25) is 11.8 Å². The van der Waals surface area contributed by atoms with Crippen molar-refractivity contribution in [2.24, 2.45) is 0 Å². The van der Waals surface area contributed by atoms with Crippen molar-refractivity contribution in [1.82, 2.24) is 9.80 Å². The Balaban J connectivity index is 2.68. The van der Waals surface area contributed by atoms with Gasteiger partial charge in [0.15, 0.2) is 0 Å². The molecule has 4 heteroatoms. The average Bonchev–Trinajstić information content (AvgIpc) is 2.44. The maximum absolute atomic E-state index is 12.5. The summed E-state index contributed by atoms with van der Waals surface area (Å²) in [6.45, 7) is 10.6. The maximum atomic E-state index is 12.5. The predicted octanol–water partition coefficient (Wildman–Crippen LogP) is 3.07. The van der Waals surface area contributed by atoms with Crippen LogP contribution in [0.5, 0.6) is 0 Å². The van der Waals surface area contributed by atoms with Crippen LogP contribution in [-0.2, 0) is 16.1 Å². The fourth-order valence-corrected chi connectivity index (χ4v) is 2.48. The highest BCUT2D eigenvalue weighted by molar-refractivity contribution is 5.78. The Morgan fingerprint density at radius 1 is 0.955 bits per heavy atom. The molecule has 0 aliphatic carbocycles. The van der Waals surface area contributed by atoms with Gasteiger partial charge in [0.25, 0.3) is 0 Å². The van der Waals surface area contributed by atoms with Gasteiger partial charge in [-0.25, -0.2) is 0 Å². The van der Waals surface area contributed by atoms with Gasteiger partial charge < -0.3 is 9.80 Å². The molecule has 1 aromatic rings. The summed E-state index contributed by atoms with van der Waals surface area (Å²) >= 11 is 0. The highest BCUT2D eigenvalue weighted by atomic mass is 16.2. The highest BCUT2D eigenvalue weighted by Crippen LogP contribution is 2.11. The van der Waals surface area contributed by atoms with E-state index < -0.39 is 0 Å². The number of benzene rings is 1. The number of hydrogen-bond donors (Lipinski definition) is 0. The first kappa shape index (κ1) is 18.2. The quantitative estimate of drug-likeness (QED) is 0.777. The Kier molecular flexibility index (Phi) is 7.09. The van der Waals surface area contributed by atoms with Gasteiger partial charge in [0.05, 0.1) is 0 Å². The molecular weight excluding hydrogens is 276 g/mol. The SMILES string of the molecule is CC(=O)N(CCC(=O)N(Cc1ccccc1)C(C)C)C(C)C. The molecule has 0 saturated heterocycles. The molecule has 0 aliphatic rings. The van der Waals surface area contributed by atoms with E-state index in [1.54, 1.807) is 11.8 Å². The molecule has 122 valence electrons. The van der Waals surface area contributed by atoms with E-state index in [0.29, 0.717) is 19.5 Å². The minimum absolute atomic E-state index is 0.0157. The molecule has 0 saturated carbocycles. The first-order chi connectivity index (χ1) is 10.3. The van der Waals surface area contributed by atoms with Crippen LogP contribution in [0.15, 0.2) is 30.3 Å². The maximum Gasteiger partial charge on any atom is 0.224 e. The van der Waals surface area contributed by atoms with Crippen LogP contribution in [-0.4, -0.2) is 40.2 Å². The number of carbonyl (C=O) groups is 2. The fourth-order valence-electron chi connectivity index (χ4n) is 2.48. The zero-order chi connectivity index (χ0) is 16.7. The number of hydrogen-bond acceptors (Lipinski definition) is 2. The second-order valence-electron chi connectivity index (χ2n) is 6.16. The van der Waals surface area contributed by atoms with E-state index >= 15 is 0 Å². The molecule has 0 spiro atoms. The molecule has 4 nitrogen and oxygen atoms in total. The van der Waals surface area contributed by atoms with Crippen LogP contribution < -0.4 is 0 Å². The van der Waals surface area contributed by atoms with Gasteiger partial charge in [-0.05, 0) is 33.3 Å². The molecule has 0 fully saturated rings. The van der Waals surface area contributed by atoms with Crippen LogP contribution in [0.4, 0.5) is 0 Å². The summed E-state index contributed by atoms with van der Waals surface area (Å²) in [5, 5.41) is 0. The molecule has 0 bridgehead atoms. The summed E-state index contributed by atoms with van der Waals surface area (Å²) in [5.41, 5.74) is 1.12. The third kappa shape index (κ3) is 5.51. The monoisotopic (exact) mass is 304 g/mol. The Hall–Kier alpha value is -1.84.